The quantitative estimate of drug-likeness (QED) is 0.427. The van der Waals surface area contributed by atoms with Crippen molar-refractivity contribution in [3.05, 3.63) is 53.4 Å². The Morgan fingerprint density at radius 2 is 1.70 bits per heavy atom. The Kier molecular flexibility index (Phi) is 17.6. The van der Waals surface area contributed by atoms with Crippen molar-refractivity contribution in [2.24, 2.45) is 0 Å². The van der Waals surface area contributed by atoms with E-state index in [0.717, 1.165) is 23.4 Å². The molecule has 1 saturated carbocycles. The monoisotopic (exact) mass is 477 g/mol. The fourth-order valence-electron chi connectivity index (χ4n) is 3.37. The second-order valence-electron chi connectivity index (χ2n) is 8.76. The second kappa shape index (κ2) is 18.6. The van der Waals surface area contributed by atoms with Crippen LogP contribution in [0.25, 0.3) is 5.57 Å². The lowest BCUT2D eigenvalue weighted by Crippen LogP contribution is -2.28. The van der Waals surface area contributed by atoms with E-state index in [1.165, 1.54) is 57.8 Å². The van der Waals surface area contributed by atoms with Crippen LogP contribution >= 0.6 is 11.6 Å². The van der Waals surface area contributed by atoms with Crippen molar-refractivity contribution in [2.45, 2.75) is 98.0 Å². The van der Waals surface area contributed by atoms with Gasteiger partial charge in [0.2, 0.25) is 0 Å². The molecule has 5 heteroatoms. The van der Waals surface area contributed by atoms with Crippen molar-refractivity contribution in [3.8, 4) is 0 Å². The molecule has 0 unspecified atom stereocenters. The van der Waals surface area contributed by atoms with E-state index in [1.54, 1.807) is 12.3 Å². The first-order chi connectivity index (χ1) is 15.7. The number of nitrogens with zero attached hydrogens (tertiary/aromatic N) is 1. The van der Waals surface area contributed by atoms with Crippen molar-refractivity contribution in [3.63, 3.8) is 0 Å². The SMILES string of the molecule is C1CCCCC1.C=C(/C=C\C=C(/C)c1cc(N)ncc1Cl)NC.CC.CC1(C)CCCCO1. The summed E-state index contributed by atoms with van der Waals surface area (Å²) in [6, 6.07) is 1.76. The Balaban J connectivity index is 0.000000524. The summed E-state index contributed by atoms with van der Waals surface area (Å²) in [6.07, 6.45) is 20.1. The van der Waals surface area contributed by atoms with E-state index >= 15 is 0 Å². The minimum Gasteiger partial charge on any atom is -0.389 e. The van der Waals surface area contributed by atoms with E-state index < -0.39 is 0 Å². The van der Waals surface area contributed by atoms with Gasteiger partial charge in [-0.2, -0.15) is 0 Å². The van der Waals surface area contributed by atoms with E-state index in [-0.39, 0.29) is 5.60 Å². The summed E-state index contributed by atoms with van der Waals surface area (Å²) in [5, 5.41) is 3.52. The number of likely N-dealkylation sites (N-methyl/N-ethyl adjacent to an activating group) is 1. The third-order valence-electron chi connectivity index (χ3n) is 5.43. The first-order valence-corrected chi connectivity index (χ1v) is 12.9. The molecule has 3 rings (SSSR count). The Labute approximate surface area is 208 Å². The lowest BCUT2D eigenvalue weighted by molar-refractivity contribution is -0.0511. The van der Waals surface area contributed by atoms with Gasteiger partial charge in [-0.05, 0) is 57.7 Å². The van der Waals surface area contributed by atoms with Crippen LogP contribution in [0.15, 0.2) is 42.8 Å². The normalized spacial score (nSPS) is 17.4. The summed E-state index contributed by atoms with van der Waals surface area (Å²) in [5.74, 6) is 0.459. The van der Waals surface area contributed by atoms with Gasteiger partial charge in [0, 0.05) is 31.1 Å². The number of nitrogen functional groups attached to an aromatic ring is 1. The highest BCUT2D eigenvalue weighted by atomic mass is 35.5. The van der Waals surface area contributed by atoms with Gasteiger partial charge in [-0.1, -0.05) is 82.7 Å². The van der Waals surface area contributed by atoms with Crippen LogP contribution in [0.2, 0.25) is 5.02 Å². The Morgan fingerprint density at radius 1 is 1.12 bits per heavy atom. The maximum Gasteiger partial charge on any atom is 0.123 e. The minimum absolute atomic E-state index is 0.179. The molecule has 1 saturated heterocycles. The van der Waals surface area contributed by atoms with Crippen LogP contribution in [0.1, 0.15) is 98.0 Å². The Bertz CT molecular complexity index is 702. The molecular formula is C28H48ClN3O. The van der Waals surface area contributed by atoms with E-state index in [4.69, 9.17) is 22.1 Å². The molecule has 0 atom stereocenters. The van der Waals surface area contributed by atoms with Gasteiger partial charge in [-0.25, -0.2) is 4.98 Å². The van der Waals surface area contributed by atoms with Crippen LogP contribution in [-0.2, 0) is 4.74 Å². The molecular weight excluding hydrogens is 430 g/mol. The van der Waals surface area contributed by atoms with Crippen LogP contribution in [0, 0.1) is 0 Å². The zero-order valence-electron chi connectivity index (χ0n) is 22.0. The van der Waals surface area contributed by atoms with Crippen LogP contribution in [0.5, 0.6) is 0 Å². The number of hydrogen-bond acceptors (Lipinski definition) is 4. The van der Waals surface area contributed by atoms with E-state index in [0.29, 0.717) is 10.8 Å². The van der Waals surface area contributed by atoms with E-state index in [9.17, 15) is 0 Å². The average Bonchev–Trinajstić information content (AvgIpc) is 2.83. The zero-order chi connectivity index (χ0) is 25.1. The number of nitrogens with two attached hydrogens (primary N) is 1. The van der Waals surface area contributed by atoms with Crippen molar-refractivity contribution in [2.75, 3.05) is 19.4 Å². The largest absolute Gasteiger partial charge is 0.389 e. The molecule has 1 aliphatic carbocycles. The molecule has 2 fully saturated rings. The molecule has 188 valence electrons. The lowest BCUT2D eigenvalue weighted by atomic mass is 9.99. The molecule has 2 heterocycles. The number of allylic oxidation sites excluding steroid dienone is 4. The van der Waals surface area contributed by atoms with Crippen molar-refractivity contribution in [1.82, 2.24) is 10.3 Å². The van der Waals surface area contributed by atoms with Gasteiger partial charge < -0.3 is 15.8 Å². The molecule has 3 N–H and O–H groups in total. The maximum absolute atomic E-state index is 6.05. The summed E-state index contributed by atoms with van der Waals surface area (Å²) >= 11 is 6.05. The molecule has 1 aromatic heterocycles. The van der Waals surface area contributed by atoms with Crippen LogP contribution in [0.3, 0.4) is 0 Å². The number of nitrogens with one attached hydrogen (secondary N) is 1. The summed E-state index contributed by atoms with van der Waals surface area (Å²) in [7, 11) is 1.82. The molecule has 1 aromatic rings. The summed E-state index contributed by atoms with van der Waals surface area (Å²) in [5.41, 5.74) is 8.55. The van der Waals surface area contributed by atoms with Crippen molar-refractivity contribution >= 4 is 23.0 Å². The third-order valence-corrected chi connectivity index (χ3v) is 5.73. The molecule has 1 aliphatic heterocycles. The topological polar surface area (TPSA) is 60.2 Å². The number of hydrogen-bond donors (Lipinski definition) is 2. The number of rotatable bonds is 4. The fourth-order valence-corrected chi connectivity index (χ4v) is 3.63. The lowest BCUT2D eigenvalue weighted by Gasteiger charge is -2.29. The smallest absolute Gasteiger partial charge is 0.123 e. The summed E-state index contributed by atoms with van der Waals surface area (Å²) in [6.45, 7) is 15.0. The molecule has 0 radical (unpaired) electrons. The Hall–Kier alpha value is -1.78. The predicted molar refractivity (Wildman–Crippen MR) is 148 cm³/mol. The molecule has 33 heavy (non-hydrogen) atoms. The molecule has 0 amide bonds. The van der Waals surface area contributed by atoms with Gasteiger partial charge in [0.25, 0.3) is 0 Å². The standard InChI is InChI=1S/C13H16ClN3.C7H14O.C6H12.C2H6/c1-9(5-4-6-10(2)16-3)11-7-13(15)17-8-12(11)14;1-7(2)5-3-4-6-8-7;1-2-4-6-5-3-1;1-2/h4-8,16H,2H2,1,3H3,(H2,15,17);3-6H2,1-2H3;1-6H2;1-2H3/b6-4-,9-5+;;;. The van der Waals surface area contributed by atoms with Gasteiger partial charge in [0.05, 0.1) is 10.6 Å². The summed E-state index contributed by atoms with van der Waals surface area (Å²) in [4.78, 5) is 3.92. The van der Waals surface area contributed by atoms with Crippen molar-refractivity contribution in [1.29, 1.82) is 0 Å². The van der Waals surface area contributed by atoms with Gasteiger partial charge in [0.1, 0.15) is 5.82 Å². The zero-order valence-corrected chi connectivity index (χ0v) is 22.7. The molecule has 0 aromatic carbocycles. The van der Waals surface area contributed by atoms with E-state index in [2.05, 4.69) is 30.7 Å². The van der Waals surface area contributed by atoms with Crippen LogP contribution < -0.4 is 11.1 Å². The Morgan fingerprint density at radius 3 is 2.12 bits per heavy atom. The number of halogens is 1. The average molecular weight is 478 g/mol. The van der Waals surface area contributed by atoms with Crippen LogP contribution in [0.4, 0.5) is 5.82 Å². The van der Waals surface area contributed by atoms with Crippen LogP contribution in [-0.4, -0.2) is 24.2 Å². The fraction of sp³-hybridized carbons (Fsp3) is 0.607. The molecule has 0 bridgehead atoms. The van der Waals surface area contributed by atoms with E-state index in [1.807, 2.05) is 46.0 Å². The van der Waals surface area contributed by atoms with Gasteiger partial charge in [-0.3, -0.25) is 0 Å². The highest BCUT2D eigenvalue weighted by Gasteiger charge is 2.20. The molecule has 2 aliphatic rings. The predicted octanol–water partition coefficient (Wildman–Crippen LogP) is 8.34. The molecule has 4 nitrogen and oxygen atoms in total. The first kappa shape index (κ1) is 31.2. The number of aromatic nitrogens is 1. The van der Waals surface area contributed by atoms with Gasteiger partial charge in [-0.15, -0.1) is 0 Å². The highest BCUT2D eigenvalue weighted by Crippen LogP contribution is 2.24. The summed E-state index contributed by atoms with van der Waals surface area (Å²) < 4.78 is 5.47. The third kappa shape index (κ3) is 15.6. The van der Waals surface area contributed by atoms with Gasteiger partial charge in [0.15, 0.2) is 0 Å². The number of anilines is 1. The van der Waals surface area contributed by atoms with Crippen molar-refractivity contribution < 1.29 is 4.74 Å². The number of pyridine rings is 1. The second-order valence-corrected chi connectivity index (χ2v) is 9.17. The number of ether oxygens (including phenoxy) is 1. The molecule has 0 spiro atoms. The first-order valence-electron chi connectivity index (χ1n) is 12.5. The highest BCUT2D eigenvalue weighted by molar-refractivity contribution is 6.32. The minimum atomic E-state index is 0.179. The maximum atomic E-state index is 6.05. The van der Waals surface area contributed by atoms with Gasteiger partial charge >= 0.3 is 0 Å².